The van der Waals surface area contributed by atoms with E-state index >= 15 is 0 Å². The lowest BCUT2D eigenvalue weighted by atomic mass is 9.86. The second kappa shape index (κ2) is 5.71. The summed E-state index contributed by atoms with van der Waals surface area (Å²) in [5.41, 5.74) is 4.70. The van der Waals surface area contributed by atoms with Crippen molar-refractivity contribution in [2.45, 2.75) is 19.4 Å². The van der Waals surface area contributed by atoms with Crippen molar-refractivity contribution in [3.63, 3.8) is 0 Å². The molecule has 134 valence electrons. The van der Waals surface area contributed by atoms with Gasteiger partial charge in [-0.2, -0.15) is 0 Å². The molecule has 0 saturated carbocycles. The fourth-order valence-corrected chi connectivity index (χ4v) is 4.66. The lowest BCUT2D eigenvalue weighted by Gasteiger charge is -2.32. The summed E-state index contributed by atoms with van der Waals surface area (Å²) in [5.74, 6) is -1.01. The highest BCUT2D eigenvalue weighted by atomic mass is 32.2. The van der Waals surface area contributed by atoms with Crippen LogP contribution in [0.15, 0.2) is 48.5 Å². The molecule has 0 bridgehead atoms. The maximum absolute atomic E-state index is 13.2. The standard InChI is InChI=1S/C20H20N2O3S/c1-13-9-10-16-15(11-13)19-17(21(16)2)12-22(26(3,24)25)20(23)18(19)14-7-5-4-6-8-14/h4-11,18H,12H2,1-3H3. The molecule has 1 aromatic heterocycles. The molecule has 0 saturated heterocycles. The van der Waals surface area contributed by atoms with Crippen molar-refractivity contribution in [1.82, 2.24) is 8.87 Å². The number of hydrogen-bond donors (Lipinski definition) is 0. The van der Waals surface area contributed by atoms with Gasteiger partial charge in [0.2, 0.25) is 15.9 Å². The van der Waals surface area contributed by atoms with Crippen LogP contribution < -0.4 is 0 Å². The monoisotopic (exact) mass is 368 g/mol. The van der Waals surface area contributed by atoms with Gasteiger partial charge in [0, 0.05) is 23.6 Å². The predicted molar refractivity (Wildman–Crippen MR) is 101 cm³/mol. The van der Waals surface area contributed by atoms with Crippen LogP contribution in [0.4, 0.5) is 0 Å². The normalized spacial score (nSPS) is 17.6. The third-order valence-corrected chi connectivity index (χ3v) is 6.24. The van der Waals surface area contributed by atoms with Crippen LogP contribution in [-0.2, 0) is 28.4 Å². The molecular formula is C20H20N2O3S. The van der Waals surface area contributed by atoms with E-state index in [1.54, 1.807) is 0 Å². The van der Waals surface area contributed by atoms with Crippen LogP contribution in [0.3, 0.4) is 0 Å². The van der Waals surface area contributed by atoms with Crippen molar-refractivity contribution in [3.8, 4) is 0 Å². The van der Waals surface area contributed by atoms with E-state index in [2.05, 4.69) is 6.07 Å². The van der Waals surface area contributed by atoms with Crippen LogP contribution in [0.2, 0.25) is 0 Å². The van der Waals surface area contributed by atoms with Gasteiger partial charge in [-0.25, -0.2) is 12.7 Å². The Hall–Kier alpha value is -2.60. The second-order valence-corrected chi connectivity index (χ2v) is 8.80. The van der Waals surface area contributed by atoms with E-state index in [4.69, 9.17) is 0 Å². The first-order valence-corrected chi connectivity index (χ1v) is 10.3. The van der Waals surface area contributed by atoms with Gasteiger partial charge < -0.3 is 4.57 Å². The Kier molecular flexibility index (Phi) is 3.70. The van der Waals surface area contributed by atoms with Gasteiger partial charge in [-0.3, -0.25) is 4.79 Å². The molecule has 1 unspecified atom stereocenters. The lowest BCUT2D eigenvalue weighted by molar-refractivity contribution is -0.128. The van der Waals surface area contributed by atoms with E-state index in [9.17, 15) is 13.2 Å². The molecule has 1 aliphatic rings. The topological polar surface area (TPSA) is 59.4 Å². The zero-order valence-corrected chi connectivity index (χ0v) is 15.7. The average Bonchev–Trinajstić information content (AvgIpc) is 2.86. The van der Waals surface area contributed by atoms with Crippen LogP contribution in [0.25, 0.3) is 10.9 Å². The molecule has 0 N–H and O–H groups in total. The third-order valence-electron chi connectivity index (χ3n) is 5.13. The number of rotatable bonds is 2. The molecule has 4 rings (SSSR count). The molecular weight excluding hydrogens is 348 g/mol. The van der Waals surface area contributed by atoms with Crippen molar-refractivity contribution >= 4 is 26.8 Å². The van der Waals surface area contributed by atoms with Gasteiger partial charge in [-0.15, -0.1) is 0 Å². The van der Waals surface area contributed by atoms with Crippen LogP contribution in [0.5, 0.6) is 0 Å². The van der Waals surface area contributed by atoms with Gasteiger partial charge in [0.1, 0.15) is 0 Å². The molecule has 1 aliphatic heterocycles. The van der Waals surface area contributed by atoms with Gasteiger partial charge in [0.15, 0.2) is 0 Å². The first kappa shape index (κ1) is 16.8. The molecule has 1 amide bonds. The zero-order valence-electron chi connectivity index (χ0n) is 14.9. The Morgan fingerprint density at radius 3 is 2.42 bits per heavy atom. The molecule has 0 spiro atoms. The maximum Gasteiger partial charge on any atom is 0.248 e. The van der Waals surface area contributed by atoms with Gasteiger partial charge in [0.05, 0.1) is 18.7 Å². The summed E-state index contributed by atoms with van der Waals surface area (Å²) < 4.78 is 27.5. The highest BCUT2D eigenvalue weighted by molar-refractivity contribution is 7.88. The second-order valence-electron chi connectivity index (χ2n) is 6.89. The number of aromatic nitrogens is 1. The molecule has 6 heteroatoms. The smallest absolute Gasteiger partial charge is 0.248 e. The molecule has 0 aliphatic carbocycles. The first-order chi connectivity index (χ1) is 12.3. The lowest BCUT2D eigenvalue weighted by Crippen LogP contribution is -2.43. The molecule has 0 fully saturated rings. The minimum atomic E-state index is -3.65. The Morgan fingerprint density at radius 2 is 1.77 bits per heavy atom. The molecule has 26 heavy (non-hydrogen) atoms. The Bertz CT molecular complexity index is 1130. The third kappa shape index (κ3) is 2.44. The minimum Gasteiger partial charge on any atom is -0.346 e. The maximum atomic E-state index is 13.2. The quantitative estimate of drug-likeness (QED) is 0.699. The molecule has 2 aromatic carbocycles. The molecule has 3 aromatic rings. The summed E-state index contributed by atoms with van der Waals surface area (Å²) in [4.78, 5) is 13.2. The van der Waals surface area contributed by atoms with Crippen molar-refractivity contribution in [1.29, 1.82) is 0 Å². The largest absolute Gasteiger partial charge is 0.346 e. The summed E-state index contributed by atoms with van der Waals surface area (Å²) in [5, 5.41) is 1.01. The number of hydrogen-bond acceptors (Lipinski definition) is 3. The van der Waals surface area contributed by atoms with Crippen molar-refractivity contribution in [3.05, 3.63) is 70.9 Å². The van der Waals surface area contributed by atoms with Gasteiger partial charge >= 0.3 is 0 Å². The fourth-order valence-electron chi connectivity index (χ4n) is 3.87. The Balaban J connectivity index is 2.08. The highest BCUT2D eigenvalue weighted by Crippen LogP contribution is 2.41. The molecule has 0 radical (unpaired) electrons. The molecule has 1 atom stereocenters. The number of aryl methyl sites for hydroxylation is 2. The SMILES string of the molecule is Cc1ccc2c(c1)c1c(n2C)CN(S(C)(=O)=O)C(=O)C1c1ccccc1. The van der Waals surface area contributed by atoms with E-state index < -0.39 is 15.9 Å². The first-order valence-electron chi connectivity index (χ1n) is 8.43. The number of fused-ring (bicyclic) bond motifs is 3. The summed E-state index contributed by atoms with van der Waals surface area (Å²) in [6.45, 7) is 2.09. The van der Waals surface area contributed by atoms with E-state index in [-0.39, 0.29) is 12.5 Å². The predicted octanol–water partition coefficient (Wildman–Crippen LogP) is 2.92. The fraction of sp³-hybridized carbons (Fsp3) is 0.250. The van der Waals surface area contributed by atoms with Gasteiger partial charge in [-0.1, -0.05) is 42.0 Å². The number of carbonyl (C=O) groups is 1. The number of benzene rings is 2. The molecule has 5 nitrogen and oxygen atoms in total. The van der Waals surface area contributed by atoms with Crippen molar-refractivity contribution < 1.29 is 13.2 Å². The van der Waals surface area contributed by atoms with Crippen LogP contribution in [0.1, 0.15) is 28.3 Å². The van der Waals surface area contributed by atoms with E-state index in [1.165, 1.54) is 0 Å². The van der Waals surface area contributed by atoms with Crippen LogP contribution in [-0.4, -0.2) is 29.5 Å². The van der Waals surface area contributed by atoms with Gasteiger partial charge in [-0.05, 0) is 30.2 Å². The number of amides is 1. The number of carbonyl (C=O) groups excluding carboxylic acids is 1. The summed E-state index contributed by atoms with van der Waals surface area (Å²) in [7, 11) is -1.73. The van der Waals surface area contributed by atoms with Crippen LogP contribution in [0, 0.1) is 6.92 Å². The van der Waals surface area contributed by atoms with Gasteiger partial charge in [0.25, 0.3) is 0 Å². The average molecular weight is 368 g/mol. The summed E-state index contributed by atoms with van der Waals surface area (Å²) >= 11 is 0. The van der Waals surface area contributed by atoms with E-state index in [0.717, 1.165) is 43.8 Å². The van der Waals surface area contributed by atoms with E-state index in [1.807, 2.05) is 61.0 Å². The summed E-state index contributed by atoms with van der Waals surface area (Å²) in [6.07, 6.45) is 1.09. The Morgan fingerprint density at radius 1 is 1.08 bits per heavy atom. The summed E-state index contributed by atoms with van der Waals surface area (Å²) in [6, 6.07) is 15.5. The van der Waals surface area contributed by atoms with Crippen molar-refractivity contribution in [2.75, 3.05) is 6.26 Å². The number of sulfonamides is 1. The number of nitrogens with zero attached hydrogens (tertiary/aromatic N) is 2. The zero-order chi connectivity index (χ0) is 18.6. The minimum absolute atomic E-state index is 0.0700. The molecule has 2 heterocycles. The van der Waals surface area contributed by atoms with E-state index in [0.29, 0.717) is 0 Å². The Labute approximate surface area is 152 Å². The van der Waals surface area contributed by atoms with Crippen LogP contribution >= 0.6 is 0 Å². The van der Waals surface area contributed by atoms with Crippen molar-refractivity contribution in [2.24, 2.45) is 7.05 Å². The highest BCUT2D eigenvalue weighted by Gasteiger charge is 2.41.